The minimum absolute atomic E-state index is 0.0785. The lowest BCUT2D eigenvalue weighted by Crippen LogP contribution is -2.51. The topological polar surface area (TPSA) is 232 Å². The molecule has 1 aromatic rings. The van der Waals surface area contributed by atoms with Gasteiger partial charge in [0.05, 0.1) is 24.3 Å². The lowest BCUT2D eigenvalue weighted by atomic mass is 9.81. The van der Waals surface area contributed by atoms with E-state index in [1.54, 1.807) is 20.0 Å². The number of hydrogen-bond acceptors (Lipinski definition) is 11. The third-order valence-corrected chi connectivity index (χ3v) is 7.62. The van der Waals surface area contributed by atoms with Crippen LogP contribution in [0.25, 0.3) is 0 Å². The molecule has 3 aliphatic rings. The molecule has 1 unspecified atom stereocenters. The van der Waals surface area contributed by atoms with Gasteiger partial charge in [0, 0.05) is 63.2 Å². The molecule has 4 N–H and O–H groups in total. The number of esters is 1. The Morgan fingerprint density at radius 1 is 0.792 bits per heavy atom. The van der Waals surface area contributed by atoms with E-state index in [0.29, 0.717) is 30.8 Å². The molecule has 16 heteroatoms. The molecule has 3 fully saturated rings. The van der Waals surface area contributed by atoms with Gasteiger partial charge >= 0.3 is 29.8 Å². The standard InChI is InChI=1S/C24H34N4O4.2C4H4O4/c1-17(2)24(31)32-18(16-28-22(29)19-7-3-4-8-20(19)23(28)30)15-26-11-13-27(14-12-26)21-9-5-6-10-25-21;2*5-3(6)1-2-4(7)8/h5-6,9-10,17-20H,3-4,7-8,11-16H2,1-2H3;2*1-2H,(H,5,6)(H,7,8)/b;2*2-1-/t18?,19-,20+;;. The monoisotopic (exact) mass is 674 g/mol. The molecule has 2 amide bonds. The molecule has 2 saturated heterocycles. The van der Waals surface area contributed by atoms with E-state index >= 15 is 0 Å². The van der Waals surface area contributed by atoms with E-state index in [1.165, 1.54) is 4.90 Å². The van der Waals surface area contributed by atoms with Crippen LogP contribution in [-0.2, 0) is 38.3 Å². The second kappa shape index (κ2) is 19.5. The number of piperazine rings is 1. The molecule has 16 nitrogen and oxygen atoms in total. The second-order valence-corrected chi connectivity index (χ2v) is 11.5. The number of fused-ring (bicyclic) bond motifs is 1. The van der Waals surface area contributed by atoms with Crippen molar-refractivity contribution in [2.24, 2.45) is 17.8 Å². The molecule has 0 spiro atoms. The van der Waals surface area contributed by atoms with Gasteiger partial charge in [-0.05, 0) is 25.0 Å². The number of amides is 2. The number of ether oxygens (including phenoxy) is 1. The summed E-state index contributed by atoms with van der Waals surface area (Å²) in [5.74, 6) is -5.13. The van der Waals surface area contributed by atoms with Gasteiger partial charge in [-0.15, -0.1) is 0 Å². The molecule has 3 atom stereocenters. The summed E-state index contributed by atoms with van der Waals surface area (Å²) < 4.78 is 5.79. The Balaban J connectivity index is 0.000000414. The van der Waals surface area contributed by atoms with Crippen molar-refractivity contribution in [1.29, 1.82) is 0 Å². The number of carbonyl (C=O) groups excluding carboxylic acids is 3. The average molecular weight is 675 g/mol. The highest BCUT2D eigenvalue weighted by molar-refractivity contribution is 6.05. The lowest BCUT2D eigenvalue weighted by molar-refractivity contribution is -0.158. The van der Waals surface area contributed by atoms with Crippen LogP contribution in [0.15, 0.2) is 48.7 Å². The number of rotatable bonds is 11. The number of carboxylic acid groups (broad SMARTS) is 4. The highest BCUT2D eigenvalue weighted by atomic mass is 16.5. The maximum Gasteiger partial charge on any atom is 0.328 e. The van der Waals surface area contributed by atoms with Crippen LogP contribution in [0.5, 0.6) is 0 Å². The van der Waals surface area contributed by atoms with E-state index in [-0.39, 0.29) is 42.1 Å². The fourth-order valence-corrected chi connectivity index (χ4v) is 5.32. The van der Waals surface area contributed by atoms with Crippen molar-refractivity contribution in [3.8, 4) is 0 Å². The van der Waals surface area contributed by atoms with Gasteiger partial charge in [0.25, 0.3) is 0 Å². The van der Waals surface area contributed by atoms with Gasteiger partial charge in [-0.3, -0.25) is 24.2 Å². The molecular formula is C32H42N4O12. The van der Waals surface area contributed by atoms with E-state index in [1.807, 2.05) is 18.2 Å². The van der Waals surface area contributed by atoms with E-state index < -0.39 is 30.0 Å². The molecular weight excluding hydrogens is 632 g/mol. The lowest BCUT2D eigenvalue weighted by Gasteiger charge is -2.37. The van der Waals surface area contributed by atoms with Crippen molar-refractivity contribution < 1.29 is 58.7 Å². The number of aliphatic carboxylic acids is 4. The summed E-state index contributed by atoms with van der Waals surface area (Å²) in [5, 5.41) is 31.2. The number of imide groups is 1. The van der Waals surface area contributed by atoms with Crippen LogP contribution in [0, 0.1) is 17.8 Å². The van der Waals surface area contributed by atoms with Crippen LogP contribution >= 0.6 is 0 Å². The first-order chi connectivity index (χ1) is 22.7. The summed E-state index contributed by atoms with van der Waals surface area (Å²) in [5.41, 5.74) is 0. The molecule has 0 bridgehead atoms. The number of carboxylic acids is 4. The van der Waals surface area contributed by atoms with Gasteiger partial charge in [-0.25, -0.2) is 24.2 Å². The summed E-state index contributed by atoms with van der Waals surface area (Å²) in [7, 11) is 0. The van der Waals surface area contributed by atoms with Crippen LogP contribution in [0.4, 0.5) is 5.82 Å². The number of likely N-dealkylation sites (tertiary alicyclic amines) is 1. The third kappa shape index (κ3) is 13.3. The van der Waals surface area contributed by atoms with Gasteiger partial charge in [0.2, 0.25) is 11.8 Å². The Morgan fingerprint density at radius 2 is 1.27 bits per heavy atom. The average Bonchev–Trinajstić information content (AvgIpc) is 3.29. The molecule has 1 saturated carbocycles. The van der Waals surface area contributed by atoms with E-state index in [2.05, 4.69) is 14.8 Å². The number of nitrogens with zero attached hydrogens (tertiary/aromatic N) is 4. The molecule has 0 aromatic carbocycles. The quantitative estimate of drug-likeness (QED) is 0.147. The third-order valence-electron chi connectivity index (χ3n) is 7.62. The van der Waals surface area contributed by atoms with Crippen molar-refractivity contribution in [1.82, 2.24) is 14.8 Å². The molecule has 4 rings (SSSR count). The first kappa shape index (κ1) is 39.1. The van der Waals surface area contributed by atoms with Gasteiger partial charge in [0.15, 0.2) is 0 Å². The zero-order valence-corrected chi connectivity index (χ0v) is 26.8. The Morgan fingerprint density at radius 3 is 1.67 bits per heavy atom. The summed E-state index contributed by atoms with van der Waals surface area (Å²) in [6, 6.07) is 5.90. The van der Waals surface area contributed by atoms with Gasteiger partial charge in [-0.2, -0.15) is 0 Å². The molecule has 1 aromatic heterocycles. The second-order valence-electron chi connectivity index (χ2n) is 11.5. The Hall–Kier alpha value is -5.12. The minimum Gasteiger partial charge on any atom is -0.478 e. The molecule has 0 radical (unpaired) electrons. The van der Waals surface area contributed by atoms with Crippen LogP contribution < -0.4 is 4.90 Å². The van der Waals surface area contributed by atoms with Crippen molar-refractivity contribution in [2.45, 2.75) is 45.6 Å². The zero-order chi connectivity index (χ0) is 35.8. The van der Waals surface area contributed by atoms with Crippen molar-refractivity contribution in [2.75, 3.05) is 44.2 Å². The molecule has 3 heterocycles. The SMILES string of the molecule is CC(C)C(=O)OC(CN1CCN(c2ccccn2)CC1)CN1C(=O)[C@H]2CCCC[C@H]2C1=O.O=C(O)/C=C\C(=O)O.O=C(O)/C=C\C(=O)O. The fourth-order valence-electron chi connectivity index (χ4n) is 5.32. The van der Waals surface area contributed by atoms with E-state index in [9.17, 15) is 33.6 Å². The summed E-state index contributed by atoms with van der Waals surface area (Å²) in [4.78, 5) is 86.7. The zero-order valence-electron chi connectivity index (χ0n) is 26.8. The maximum absolute atomic E-state index is 12.9. The number of anilines is 1. The molecule has 262 valence electrons. The van der Waals surface area contributed by atoms with Crippen molar-refractivity contribution >= 4 is 47.5 Å². The van der Waals surface area contributed by atoms with Crippen molar-refractivity contribution in [3.63, 3.8) is 0 Å². The normalized spacial score (nSPS) is 20.0. The van der Waals surface area contributed by atoms with Crippen LogP contribution in [0.2, 0.25) is 0 Å². The molecule has 1 aliphatic carbocycles. The number of hydrogen-bond donors (Lipinski definition) is 4. The van der Waals surface area contributed by atoms with Crippen molar-refractivity contribution in [3.05, 3.63) is 48.7 Å². The first-order valence-corrected chi connectivity index (χ1v) is 15.4. The Kier molecular flexibility index (Phi) is 15.9. The number of carbonyl (C=O) groups is 7. The Labute approximate surface area is 277 Å². The molecule has 2 aliphatic heterocycles. The Bertz CT molecular complexity index is 1270. The van der Waals surface area contributed by atoms with Gasteiger partial charge in [0.1, 0.15) is 11.9 Å². The number of pyridine rings is 1. The maximum atomic E-state index is 12.9. The smallest absolute Gasteiger partial charge is 0.328 e. The predicted molar refractivity (Wildman–Crippen MR) is 169 cm³/mol. The summed E-state index contributed by atoms with van der Waals surface area (Å²) in [6.45, 7) is 7.53. The fraction of sp³-hybridized carbons (Fsp3) is 0.500. The summed E-state index contributed by atoms with van der Waals surface area (Å²) in [6.07, 6.45) is 7.09. The highest BCUT2D eigenvalue weighted by Crippen LogP contribution is 2.38. The predicted octanol–water partition coefficient (Wildman–Crippen LogP) is 1.37. The number of aromatic nitrogens is 1. The van der Waals surface area contributed by atoms with Crippen LogP contribution in [0.3, 0.4) is 0 Å². The van der Waals surface area contributed by atoms with Gasteiger partial charge < -0.3 is 30.1 Å². The summed E-state index contributed by atoms with van der Waals surface area (Å²) >= 11 is 0. The van der Waals surface area contributed by atoms with E-state index in [4.69, 9.17) is 25.2 Å². The molecule has 48 heavy (non-hydrogen) atoms. The minimum atomic E-state index is -1.26. The van der Waals surface area contributed by atoms with Crippen LogP contribution in [-0.4, -0.2) is 122 Å². The van der Waals surface area contributed by atoms with E-state index in [0.717, 1.165) is 57.7 Å². The largest absolute Gasteiger partial charge is 0.478 e. The van der Waals surface area contributed by atoms with Gasteiger partial charge in [-0.1, -0.05) is 32.8 Å². The van der Waals surface area contributed by atoms with Crippen LogP contribution in [0.1, 0.15) is 39.5 Å². The highest BCUT2D eigenvalue weighted by Gasteiger charge is 2.48. The first-order valence-electron chi connectivity index (χ1n) is 15.4.